The summed E-state index contributed by atoms with van der Waals surface area (Å²) in [5.74, 6) is 1.09. The van der Waals surface area contributed by atoms with Crippen LogP contribution in [0.2, 0.25) is 0 Å². The summed E-state index contributed by atoms with van der Waals surface area (Å²) >= 11 is 0. The molecule has 1 aromatic heterocycles. The van der Waals surface area contributed by atoms with Crippen LogP contribution < -0.4 is 14.8 Å². The van der Waals surface area contributed by atoms with E-state index in [0.29, 0.717) is 23.6 Å². The van der Waals surface area contributed by atoms with E-state index in [2.05, 4.69) is 27.2 Å². The van der Waals surface area contributed by atoms with E-state index >= 15 is 0 Å². The van der Waals surface area contributed by atoms with Crippen molar-refractivity contribution in [3.05, 3.63) is 41.5 Å². The molecule has 140 valence electrons. The summed E-state index contributed by atoms with van der Waals surface area (Å²) in [5.41, 5.74) is 2.31. The molecule has 1 saturated heterocycles. The SMILES string of the molecule is COc1cc(C(=O)NCc2nc[nH]c2C)ccc1OC1CCN(C)CC1. The molecule has 0 saturated carbocycles. The van der Waals surface area contributed by atoms with Gasteiger partial charge in [0.1, 0.15) is 6.10 Å². The highest BCUT2D eigenvalue weighted by Crippen LogP contribution is 2.30. The van der Waals surface area contributed by atoms with E-state index in [9.17, 15) is 4.79 Å². The second-order valence-electron chi connectivity index (χ2n) is 6.64. The van der Waals surface area contributed by atoms with Gasteiger partial charge < -0.3 is 24.7 Å². The van der Waals surface area contributed by atoms with Crippen LogP contribution in [-0.2, 0) is 6.54 Å². The van der Waals surface area contributed by atoms with Crippen molar-refractivity contribution in [2.45, 2.75) is 32.4 Å². The predicted molar refractivity (Wildman–Crippen MR) is 98.6 cm³/mol. The number of carbonyl (C=O) groups excluding carboxylic acids is 1. The number of piperidine rings is 1. The van der Waals surface area contributed by atoms with Crippen LogP contribution in [0.15, 0.2) is 24.5 Å². The zero-order chi connectivity index (χ0) is 18.5. The molecule has 1 aromatic carbocycles. The van der Waals surface area contributed by atoms with Crippen LogP contribution >= 0.6 is 0 Å². The first-order chi connectivity index (χ1) is 12.6. The highest BCUT2D eigenvalue weighted by molar-refractivity contribution is 5.94. The minimum Gasteiger partial charge on any atom is -0.493 e. The first kappa shape index (κ1) is 18.3. The number of amides is 1. The molecule has 7 heteroatoms. The number of hydrogen-bond acceptors (Lipinski definition) is 5. The van der Waals surface area contributed by atoms with Gasteiger partial charge >= 0.3 is 0 Å². The second-order valence-corrected chi connectivity index (χ2v) is 6.64. The van der Waals surface area contributed by atoms with Gasteiger partial charge in [0.15, 0.2) is 11.5 Å². The van der Waals surface area contributed by atoms with Gasteiger partial charge in [0.2, 0.25) is 0 Å². The Morgan fingerprint density at radius 1 is 1.35 bits per heavy atom. The maximum atomic E-state index is 12.4. The van der Waals surface area contributed by atoms with Crippen LogP contribution in [-0.4, -0.2) is 54.1 Å². The lowest BCUT2D eigenvalue weighted by Gasteiger charge is -2.29. The minimum atomic E-state index is -0.170. The first-order valence-corrected chi connectivity index (χ1v) is 8.87. The van der Waals surface area contributed by atoms with Crippen LogP contribution in [0.3, 0.4) is 0 Å². The molecule has 2 N–H and O–H groups in total. The molecular weight excluding hydrogens is 332 g/mol. The summed E-state index contributed by atoms with van der Waals surface area (Å²) in [4.78, 5) is 21.9. The average Bonchev–Trinajstić information content (AvgIpc) is 3.06. The van der Waals surface area contributed by atoms with Crippen LogP contribution in [0.1, 0.15) is 34.6 Å². The maximum Gasteiger partial charge on any atom is 0.251 e. The fourth-order valence-corrected chi connectivity index (χ4v) is 3.02. The molecule has 0 atom stereocenters. The molecule has 0 bridgehead atoms. The third-order valence-corrected chi connectivity index (χ3v) is 4.74. The van der Waals surface area contributed by atoms with Gasteiger partial charge in [0.05, 0.1) is 25.7 Å². The van der Waals surface area contributed by atoms with Crippen molar-refractivity contribution in [1.29, 1.82) is 0 Å². The van der Waals surface area contributed by atoms with E-state index in [4.69, 9.17) is 9.47 Å². The fraction of sp³-hybridized carbons (Fsp3) is 0.474. The smallest absolute Gasteiger partial charge is 0.251 e. The Labute approximate surface area is 153 Å². The van der Waals surface area contributed by atoms with E-state index in [0.717, 1.165) is 37.3 Å². The number of hydrogen-bond donors (Lipinski definition) is 2. The topological polar surface area (TPSA) is 79.5 Å². The molecule has 0 spiro atoms. The molecule has 1 amide bonds. The zero-order valence-electron chi connectivity index (χ0n) is 15.5. The highest BCUT2D eigenvalue weighted by atomic mass is 16.5. The lowest BCUT2D eigenvalue weighted by molar-refractivity contribution is 0.0949. The molecule has 0 radical (unpaired) electrons. The molecular formula is C19H26N4O3. The van der Waals surface area contributed by atoms with Crippen molar-refractivity contribution >= 4 is 5.91 Å². The Morgan fingerprint density at radius 2 is 2.12 bits per heavy atom. The zero-order valence-corrected chi connectivity index (χ0v) is 15.5. The lowest BCUT2D eigenvalue weighted by atomic mass is 10.1. The molecule has 2 aromatic rings. The van der Waals surface area contributed by atoms with Gasteiger partial charge in [-0.3, -0.25) is 4.79 Å². The Bertz CT molecular complexity index is 751. The number of methoxy groups -OCH3 is 1. The Kier molecular flexibility index (Phi) is 5.78. The Morgan fingerprint density at radius 3 is 2.77 bits per heavy atom. The summed E-state index contributed by atoms with van der Waals surface area (Å²) in [6.07, 6.45) is 3.78. The molecule has 3 rings (SSSR count). The highest BCUT2D eigenvalue weighted by Gasteiger charge is 2.20. The molecule has 2 heterocycles. The third-order valence-electron chi connectivity index (χ3n) is 4.74. The quantitative estimate of drug-likeness (QED) is 0.827. The van der Waals surface area contributed by atoms with Crippen LogP contribution in [0, 0.1) is 6.92 Å². The van der Waals surface area contributed by atoms with Crippen LogP contribution in [0.5, 0.6) is 11.5 Å². The number of carbonyl (C=O) groups is 1. The first-order valence-electron chi connectivity index (χ1n) is 8.87. The monoisotopic (exact) mass is 358 g/mol. The summed E-state index contributed by atoms with van der Waals surface area (Å²) < 4.78 is 11.5. The molecule has 1 aliphatic heterocycles. The number of aryl methyl sites for hydroxylation is 1. The van der Waals surface area contributed by atoms with E-state index in [1.165, 1.54) is 0 Å². The Hall–Kier alpha value is -2.54. The number of aromatic amines is 1. The molecule has 0 unspecified atom stereocenters. The maximum absolute atomic E-state index is 12.4. The number of imidazole rings is 1. The third kappa shape index (κ3) is 4.35. The number of nitrogens with zero attached hydrogens (tertiary/aromatic N) is 2. The number of benzene rings is 1. The van der Waals surface area contributed by atoms with Crippen molar-refractivity contribution in [2.75, 3.05) is 27.2 Å². The molecule has 1 fully saturated rings. The number of rotatable bonds is 6. The number of nitrogens with one attached hydrogen (secondary N) is 2. The summed E-state index contributed by atoms with van der Waals surface area (Å²) in [6, 6.07) is 5.29. The normalized spacial score (nSPS) is 15.7. The molecule has 26 heavy (non-hydrogen) atoms. The van der Waals surface area contributed by atoms with Gasteiger partial charge in [-0.1, -0.05) is 0 Å². The van der Waals surface area contributed by atoms with Crippen molar-refractivity contribution in [1.82, 2.24) is 20.2 Å². The summed E-state index contributed by atoms with van der Waals surface area (Å²) in [5, 5.41) is 2.88. The van der Waals surface area contributed by atoms with E-state index < -0.39 is 0 Å². The van der Waals surface area contributed by atoms with Gasteiger partial charge in [0.25, 0.3) is 5.91 Å². The number of likely N-dealkylation sites (tertiary alicyclic amines) is 1. The van der Waals surface area contributed by atoms with Gasteiger partial charge in [-0.15, -0.1) is 0 Å². The number of ether oxygens (including phenoxy) is 2. The number of H-pyrrole nitrogens is 1. The van der Waals surface area contributed by atoms with Crippen LogP contribution in [0.4, 0.5) is 0 Å². The standard InChI is InChI=1S/C19H26N4O3/c1-13-16(22-12-21-13)11-20-19(24)14-4-5-17(18(10-14)25-3)26-15-6-8-23(2)9-7-15/h4-5,10,12,15H,6-9,11H2,1-3H3,(H,20,24)(H,21,22). The Balaban J connectivity index is 1.63. The average molecular weight is 358 g/mol. The van der Waals surface area contributed by atoms with Gasteiger partial charge in [-0.05, 0) is 45.0 Å². The van der Waals surface area contributed by atoms with Crippen molar-refractivity contribution in [3.8, 4) is 11.5 Å². The van der Waals surface area contributed by atoms with E-state index in [1.807, 2.05) is 13.0 Å². The molecule has 7 nitrogen and oxygen atoms in total. The van der Waals surface area contributed by atoms with Crippen molar-refractivity contribution in [3.63, 3.8) is 0 Å². The lowest BCUT2D eigenvalue weighted by Crippen LogP contribution is -2.35. The van der Waals surface area contributed by atoms with Gasteiger partial charge in [0, 0.05) is 24.3 Å². The van der Waals surface area contributed by atoms with Gasteiger partial charge in [-0.25, -0.2) is 4.98 Å². The second kappa shape index (κ2) is 8.23. The van der Waals surface area contributed by atoms with Crippen molar-refractivity contribution < 1.29 is 14.3 Å². The fourth-order valence-electron chi connectivity index (χ4n) is 3.02. The van der Waals surface area contributed by atoms with Crippen molar-refractivity contribution in [2.24, 2.45) is 0 Å². The largest absolute Gasteiger partial charge is 0.493 e. The predicted octanol–water partition coefficient (Wildman–Crippen LogP) is 2.13. The van der Waals surface area contributed by atoms with E-state index in [1.54, 1.807) is 25.6 Å². The number of aromatic nitrogens is 2. The molecule has 1 aliphatic rings. The van der Waals surface area contributed by atoms with Gasteiger partial charge in [-0.2, -0.15) is 0 Å². The minimum absolute atomic E-state index is 0.170. The summed E-state index contributed by atoms with van der Waals surface area (Å²) in [6.45, 7) is 4.36. The summed E-state index contributed by atoms with van der Waals surface area (Å²) in [7, 11) is 3.71. The van der Waals surface area contributed by atoms with Crippen LogP contribution in [0.25, 0.3) is 0 Å². The molecule has 0 aliphatic carbocycles. The van der Waals surface area contributed by atoms with E-state index in [-0.39, 0.29) is 12.0 Å².